The molecule has 0 spiro atoms. The van der Waals surface area contributed by atoms with Crippen LogP contribution < -0.4 is 16.4 Å². The van der Waals surface area contributed by atoms with Crippen LogP contribution in [0, 0.1) is 23.2 Å². The molecule has 0 saturated heterocycles. The van der Waals surface area contributed by atoms with Gasteiger partial charge in [0.2, 0.25) is 5.91 Å². The Kier molecular flexibility index (Phi) is 6.80. The average molecular weight is 328 g/mol. The number of carboxylic acid groups (broad SMARTS) is 1. The van der Waals surface area contributed by atoms with E-state index in [0.29, 0.717) is 0 Å². The van der Waals surface area contributed by atoms with Crippen LogP contribution in [0.3, 0.4) is 0 Å². The van der Waals surface area contributed by atoms with Crippen molar-refractivity contribution in [3.05, 3.63) is 0 Å². The van der Waals surface area contributed by atoms with Gasteiger partial charge in [-0.15, -0.1) is 0 Å². The zero-order valence-corrected chi connectivity index (χ0v) is 13.9. The third kappa shape index (κ3) is 4.57. The van der Waals surface area contributed by atoms with Crippen molar-refractivity contribution >= 4 is 17.8 Å². The van der Waals surface area contributed by atoms with Crippen molar-refractivity contribution in [1.82, 2.24) is 10.6 Å². The fourth-order valence-corrected chi connectivity index (χ4v) is 3.70. The Hall–Kier alpha value is -1.83. The van der Waals surface area contributed by atoms with E-state index >= 15 is 0 Å². The molecule has 0 aromatic rings. The summed E-state index contributed by atoms with van der Waals surface area (Å²) >= 11 is 0. The summed E-state index contributed by atoms with van der Waals surface area (Å²) in [5.74, 6) is -2.95. The van der Waals surface area contributed by atoms with E-state index in [1.165, 1.54) is 6.92 Å². The van der Waals surface area contributed by atoms with Crippen molar-refractivity contribution in [2.24, 2.45) is 23.5 Å². The molecule has 1 rings (SSSR count). The molecule has 23 heavy (non-hydrogen) atoms. The van der Waals surface area contributed by atoms with Crippen LogP contribution in [0.2, 0.25) is 0 Å². The summed E-state index contributed by atoms with van der Waals surface area (Å²) in [7, 11) is 0. The van der Waals surface area contributed by atoms with Crippen LogP contribution in [0.15, 0.2) is 0 Å². The fraction of sp³-hybridized carbons (Fsp3) is 0.800. The number of aliphatic hydroxyl groups is 1. The molecule has 132 valence electrons. The van der Waals surface area contributed by atoms with Crippen LogP contribution in [0.5, 0.6) is 0 Å². The maximum absolute atomic E-state index is 11.6. The van der Waals surface area contributed by atoms with Crippen molar-refractivity contribution in [2.45, 2.75) is 58.2 Å². The number of hydrogen-bond donors (Lipinski definition) is 6. The number of carboxylic acids is 1. The summed E-state index contributed by atoms with van der Waals surface area (Å²) in [6.45, 7) is 5.39. The van der Waals surface area contributed by atoms with E-state index in [1.54, 1.807) is 0 Å². The van der Waals surface area contributed by atoms with E-state index in [4.69, 9.17) is 11.1 Å². The lowest BCUT2D eigenvalue weighted by Gasteiger charge is -2.36. The molecule has 5 atom stereocenters. The summed E-state index contributed by atoms with van der Waals surface area (Å²) in [6, 6.07) is -0.847. The molecule has 1 aliphatic carbocycles. The molecule has 8 heteroatoms. The Morgan fingerprint density at radius 2 is 1.91 bits per heavy atom. The third-order valence-corrected chi connectivity index (χ3v) is 4.78. The summed E-state index contributed by atoms with van der Waals surface area (Å²) in [5.41, 5.74) is 5.40. The number of aliphatic hydroxyl groups excluding tert-OH is 1. The molecule has 0 heterocycles. The van der Waals surface area contributed by atoms with Gasteiger partial charge in [-0.2, -0.15) is 0 Å². The number of guanidine groups is 1. The van der Waals surface area contributed by atoms with E-state index in [-0.39, 0.29) is 30.2 Å². The lowest BCUT2D eigenvalue weighted by molar-refractivity contribution is -0.145. The van der Waals surface area contributed by atoms with Crippen molar-refractivity contribution in [3.8, 4) is 0 Å². The van der Waals surface area contributed by atoms with Crippen molar-refractivity contribution in [1.29, 1.82) is 5.41 Å². The number of carbonyl (C=O) groups excluding carboxylic acids is 1. The second-order valence-electron chi connectivity index (χ2n) is 6.22. The highest BCUT2D eigenvalue weighted by Gasteiger charge is 2.50. The zero-order chi connectivity index (χ0) is 17.7. The first-order chi connectivity index (χ1) is 10.7. The molecular formula is C15H28N4O4. The minimum absolute atomic E-state index is 0.0994. The lowest BCUT2D eigenvalue weighted by atomic mass is 9.80. The molecule has 1 saturated carbocycles. The van der Waals surface area contributed by atoms with Crippen LogP contribution in [-0.4, -0.2) is 46.2 Å². The second kappa shape index (κ2) is 8.14. The molecule has 0 aromatic carbocycles. The smallest absolute Gasteiger partial charge is 0.309 e. The van der Waals surface area contributed by atoms with Crippen molar-refractivity contribution in [2.75, 3.05) is 0 Å². The molecule has 0 aliphatic heterocycles. The van der Waals surface area contributed by atoms with Crippen LogP contribution in [0.4, 0.5) is 0 Å². The summed E-state index contributed by atoms with van der Waals surface area (Å²) in [5, 5.41) is 32.9. The van der Waals surface area contributed by atoms with Gasteiger partial charge in [-0.05, 0) is 12.3 Å². The SMILES string of the molecule is CCC(CC)[C@H](NC(C)=O)[C@@H]1C(O)[C@@H](C(=O)O)C[C@H]1NC(=N)N. The summed E-state index contributed by atoms with van der Waals surface area (Å²) in [6.07, 6.45) is 0.628. The maximum Gasteiger partial charge on any atom is 0.309 e. The number of carbonyl (C=O) groups is 2. The molecule has 1 unspecified atom stereocenters. The van der Waals surface area contributed by atoms with Crippen LogP contribution in [-0.2, 0) is 9.59 Å². The van der Waals surface area contributed by atoms with E-state index in [0.717, 1.165) is 12.8 Å². The normalized spacial score (nSPS) is 28.4. The van der Waals surface area contributed by atoms with Crippen LogP contribution in [0.1, 0.15) is 40.0 Å². The molecule has 7 N–H and O–H groups in total. The Balaban J connectivity index is 3.17. The number of rotatable bonds is 7. The molecule has 0 aromatic heterocycles. The minimum atomic E-state index is -1.11. The van der Waals surface area contributed by atoms with Crippen molar-refractivity contribution in [3.63, 3.8) is 0 Å². The number of nitrogens with two attached hydrogens (primary N) is 1. The Morgan fingerprint density at radius 3 is 2.30 bits per heavy atom. The van der Waals surface area contributed by atoms with Gasteiger partial charge in [0, 0.05) is 24.9 Å². The van der Waals surface area contributed by atoms with Gasteiger partial charge in [-0.1, -0.05) is 26.7 Å². The van der Waals surface area contributed by atoms with Crippen LogP contribution in [0.25, 0.3) is 0 Å². The highest BCUT2D eigenvalue weighted by Crippen LogP contribution is 2.37. The predicted octanol–water partition coefficient (Wildman–Crippen LogP) is -0.139. The number of nitrogens with one attached hydrogen (secondary N) is 3. The van der Waals surface area contributed by atoms with Gasteiger partial charge in [0.1, 0.15) is 0 Å². The first-order valence-corrected chi connectivity index (χ1v) is 8.01. The molecular weight excluding hydrogens is 300 g/mol. The van der Waals surface area contributed by atoms with Gasteiger partial charge in [-0.3, -0.25) is 15.0 Å². The van der Waals surface area contributed by atoms with Gasteiger partial charge in [-0.25, -0.2) is 0 Å². The van der Waals surface area contributed by atoms with E-state index in [1.807, 2.05) is 13.8 Å². The van der Waals surface area contributed by atoms with Gasteiger partial charge in [0.15, 0.2) is 5.96 Å². The van der Waals surface area contributed by atoms with Gasteiger partial charge in [0.25, 0.3) is 0 Å². The molecule has 1 fully saturated rings. The number of hydrogen-bond acceptors (Lipinski definition) is 4. The van der Waals surface area contributed by atoms with E-state index in [2.05, 4.69) is 10.6 Å². The summed E-state index contributed by atoms with van der Waals surface area (Å²) in [4.78, 5) is 23.0. The standard InChI is InChI=1S/C15H28N4O4/c1-4-8(5-2)12(18-7(3)20)11-10(19-15(16)17)6-9(13(11)21)14(22)23/h8-13,21H,4-6H2,1-3H3,(H,18,20)(H,22,23)(H4,16,17,19)/t9-,10+,11+,12-,13?/m0/s1. The maximum atomic E-state index is 11.6. The monoisotopic (exact) mass is 328 g/mol. The van der Waals surface area contributed by atoms with Crippen molar-refractivity contribution < 1.29 is 19.8 Å². The number of aliphatic carboxylic acids is 1. The lowest BCUT2D eigenvalue weighted by Crippen LogP contribution is -2.54. The molecule has 1 aliphatic rings. The zero-order valence-electron chi connectivity index (χ0n) is 13.9. The Bertz CT molecular complexity index is 453. The van der Waals surface area contributed by atoms with Gasteiger partial charge >= 0.3 is 5.97 Å². The molecule has 0 radical (unpaired) electrons. The van der Waals surface area contributed by atoms with Gasteiger partial charge < -0.3 is 26.6 Å². The largest absolute Gasteiger partial charge is 0.481 e. The predicted molar refractivity (Wildman–Crippen MR) is 85.8 cm³/mol. The summed E-state index contributed by atoms with van der Waals surface area (Å²) < 4.78 is 0. The highest BCUT2D eigenvalue weighted by molar-refractivity contribution is 5.76. The quantitative estimate of drug-likeness (QED) is 0.283. The second-order valence-corrected chi connectivity index (χ2v) is 6.22. The van der Waals surface area contributed by atoms with E-state index in [9.17, 15) is 19.8 Å². The highest BCUT2D eigenvalue weighted by atomic mass is 16.4. The Morgan fingerprint density at radius 1 is 1.35 bits per heavy atom. The topological polar surface area (TPSA) is 149 Å². The molecule has 0 bridgehead atoms. The molecule has 8 nitrogen and oxygen atoms in total. The fourth-order valence-electron chi connectivity index (χ4n) is 3.70. The third-order valence-electron chi connectivity index (χ3n) is 4.78. The first kappa shape index (κ1) is 19.2. The van der Waals surface area contributed by atoms with Gasteiger partial charge in [0.05, 0.1) is 12.0 Å². The average Bonchev–Trinajstić information content (AvgIpc) is 2.74. The number of amides is 1. The molecule has 1 amide bonds. The first-order valence-electron chi connectivity index (χ1n) is 8.01. The Labute approximate surface area is 136 Å². The van der Waals surface area contributed by atoms with Crippen LogP contribution >= 0.6 is 0 Å². The minimum Gasteiger partial charge on any atom is -0.481 e. The van der Waals surface area contributed by atoms with E-state index < -0.39 is 30.0 Å².